The first-order valence-corrected chi connectivity index (χ1v) is 6.89. The van der Waals surface area contributed by atoms with Crippen LogP contribution in [0.1, 0.15) is 21.5 Å². The SMILES string of the molecule is Cc1ccc(C(=O)/C=C/c2cc(Cl)c3c(c2)OCO3)cc1. The molecule has 0 bridgehead atoms. The molecule has 4 heteroatoms. The Balaban J connectivity index is 1.81. The van der Waals surface area contributed by atoms with Gasteiger partial charge in [-0.25, -0.2) is 0 Å². The lowest BCUT2D eigenvalue weighted by Gasteiger charge is -2.01. The van der Waals surface area contributed by atoms with E-state index in [2.05, 4.69) is 0 Å². The summed E-state index contributed by atoms with van der Waals surface area (Å²) in [6, 6.07) is 11.0. The van der Waals surface area contributed by atoms with Crippen molar-refractivity contribution >= 4 is 23.5 Å². The molecule has 0 N–H and O–H groups in total. The summed E-state index contributed by atoms with van der Waals surface area (Å²) in [4.78, 5) is 12.1. The van der Waals surface area contributed by atoms with Gasteiger partial charge in [-0.15, -0.1) is 0 Å². The van der Waals surface area contributed by atoms with Gasteiger partial charge >= 0.3 is 0 Å². The van der Waals surface area contributed by atoms with Crippen LogP contribution in [0.25, 0.3) is 6.08 Å². The summed E-state index contributed by atoms with van der Waals surface area (Å²) in [6.07, 6.45) is 3.24. The number of allylic oxidation sites excluding steroid dienone is 1. The number of ketones is 1. The number of halogens is 1. The molecule has 2 aromatic rings. The molecule has 3 nitrogen and oxygen atoms in total. The highest BCUT2D eigenvalue weighted by Crippen LogP contribution is 2.40. The molecule has 0 aliphatic carbocycles. The molecule has 0 spiro atoms. The average molecular weight is 301 g/mol. The van der Waals surface area contributed by atoms with Gasteiger partial charge in [0.25, 0.3) is 0 Å². The second kappa shape index (κ2) is 5.62. The molecule has 1 aliphatic rings. The minimum Gasteiger partial charge on any atom is -0.454 e. The third-order valence-electron chi connectivity index (χ3n) is 3.21. The van der Waals surface area contributed by atoms with Gasteiger partial charge in [-0.2, -0.15) is 0 Å². The number of fused-ring (bicyclic) bond motifs is 1. The van der Waals surface area contributed by atoms with Crippen molar-refractivity contribution in [3.8, 4) is 11.5 Å². The lowest BCUT2D eigenvalue weighted by molar-refractivity contribution is 0.104. The lowest BCUT2D eigenvalue weighted by Crippen LogP contribution is -1.93. The van der Waals surface area contributed by atoms with Crippen molar-refractivity contribution < 1.29 is 14.3 Å². The molecule has 21 heavy (non-hydrogen) atoms. The molecular formula is C17H13ClO3. The fourth-order valence-corrected chi connectivity index (χ4v) is 2.34. The van der Waals surface area contributed by atoms with Crippen molar-refractivity contribution in [1.82, 2.24) is 0 Å². The van der Waals surface area contributed by atoms with Crippen molar-refractivity contribution in [2.45, 2.75) is 6.92 Å². The molecule has 0 fully saturated rings. The standard InChI is InChI=1S/C17H13ClO3/c1-11-2-5-13(6-3-11)15(19)7-4-12-8-14(18)17-16(9-12)20-10-21-17/h2-9H,10H2,1H3/b7-4+. The Bertz CT molecular complexity index is 718. The number of carbonyl (C=O) groups excluding carboxylic acids is 1. The molecule has 0 saturated heterocycles. The normalized spacial score (nSPS) is 12.9. The van der Waals surface area contributed by atoms with Gasteiger partial charge in [-0.05, 0) is 30.7 Å². The van der Waals surface area contributed by atoms with E-state index in [4.69, 9.17) is 21.1 Å². The van der Waals surface area contributed by atoms with Gasteiger partial charge in [0.2, 0.25) is 6.79 Å². The molecule has 1 aliphatic heterocycles. The van der Waals surface area contributed by atoms with Gasteiger partial charge in [0, 0.05) is 5.56 Å². The Morgan fingerprint density at radius 3 is 2.71 bits per heavy atom. The molecule has 0 atom stereocenters. The quantitative estimate of drug-likeness (QED) is 0.627. The van der Waals surface area contributed by atoms with Crippen LogP contribution >= 0.6 is 11.6 Å². The van der Waals surface area contributed by atoms with Crippen LogP contribution in [-0.4, -0.2) is 12.6 Å². The minimum atomic E-state index is -0.0520. The van der Waals surface area contributed by atoms with E-state index >= 15 is 0 Å². The molecule has 0 radical (unpaired) electrons. The van der Waals surface area contributed by atoms with Crippen molar-refractivity contribution in [1.29, 1.82) is 0 Å². The van der Waals surface area contributed by atoms with Crippen molar-refractivity contribution in [2.75, 3.05) is 6.79 Å². The summed E-state index contributed by atoms with van der Waals surface area (Å²) in [5.74, 6) is 1.10. The Morgan fingerprint density at radius 1 is 1.19 bits per heavy atom. The minimum absolute atomic E-state index is 0.0520. The van der Waals surface area contributed by atoms with E-state index < -0.39 is 0 Å². The van der Waals surface area contributed by atoms with Crippen LogP contribution in [0.2, 0.25) is 5.02 Å². The molecule has 0 saturated carbocycles. The van der Waals surface area contributed by atoms with Gasteiger partial charge in [-0.1, -0.05) is 47.5 Å². The van der Waals surface area contributed by atoms with Crippen LogP contribution in [0.3, 0.4) is 0 Å². The number of benzene rings is 2. The van der Waals surface area contributed by atoms with E-state index in [1.807, 2.05) is 31.2 Å². The van der Waals surface area contributed by atoms with E-state index in [0.29, 0.717) is 22.1 Å². The number of carbonyl (C=O) groups is 1. The molecule has 106 valence electrons. The maximum atomic E-state index is 12.1. The molecule has 1 heterocycles. The smallest absolute Gasteiger partial charge is 0.231 e. The zero-order valence-electron chi connectivity index (χ0n) is 11.4. The first kappa shape index (κ1) is 13.7. The maximum Gasteiger partial charge on any atom is 0.231 e. The predicted molar refractivity (Wildman–Crippen MR) is 82.1 cm³/mol. The highest BCUT2D eigenvalue weighted by Gasteiger charge is 2.17. The highest BCUT2D eigenvalue weighted by molar-refractivity contribution is 6.32. The molecule has 0 amide bonds. The van der Waals surface area contributed by atoms with Crippen molar-refractivity contribution in [2.24, 2.45) is 0 Å². The zero-order chi connectivity index (χ0) is 14.8. The van der Waals surface area contributed by atoms with Crippen molar-refractivity contribution in [3.63, 3.8) is 0 Å². The Kier molecular flexibility index (Phi) is 3.67. The first-order chi connectivity index (χ1) is 10.1. The van der Waals surface area contributed by atoms with E-state index in [9.17, 15) is 4.79 Å². The third-order valence-corrected chi connectivity index (χ3v) is 3.49. The van der Waals surface area contributed by atoms with E-state index in [-0.39, 0.29) is 12.6 Å². The second-order valence-electron chi connectivity index (χ2n) is 4.80. The second-order valence-corrected chi connectivity index (χ2v) is 5.21. The number of ether oxygens (including phenoxy) is 2. The molecule has 0 unspecified atom stereocenters. The van der Waals surface area contributed by atoms with Crippen LogP contribution in [0.5, 0.6) is 11.5 Å². The van der Waals surface area contributed by atoms with Crippen LogP contribution in [-0.2, 0) is 0 Å². The van der Waals surface area contributed by atoms with Crippen LogP contribution in [0.4, 0.5) is 0 Å². The van der Waals surface area contributed by atoms with Gasteiger partial charge in [0.05, 0.1) is 5.02 Å². The maximum absolute atomic E-state index is 12.1. The lowest BCUT2D eigenvalue weighted by atomic mass is 10.1. The number of aryl methyl sites for hydroxylation is 1. The average Bonchev–Trinajstić information content (AvgIpc) is 2.94. The number of rotatable bonds is 3. The van der Waals surface area contributed by atoms with Crippen LogP contribution < -0.4 is 9.47 Å². The molecule has 0 aromatic heterocycles. The van der Waals surface area contributed by atoms with Gasteiger partial charge in [-0.3, -0.25) is 4.79 Å². The number of hydrogen-bond acceptors (Lipinski definition) is 3. The largest absolute Gasteiger partial charge is 0.454 e. The Labute approximate surface area is 127 Å². The molecule has 3 rings (SSSR count). The summed E-state index contributed by atoms with van der Waals surface area (Å²) in [7, 11) is 0. The van der Waals surface area contributed by atoms with Gasteiger partial charge in [0.1, 0.15) is 0 Å². The highest BCUT2D eigenvalue weighted by atomic mass is 35.5. The summed E-state index contributed by atoms with van der Waals surface area (Å²) in [6.45, 7) is 2.16. The summed E-state index contributed by atoms with van der Waals surface area (Å²) >= 11 is 6.10. The van der Waals surface area contributed by atoms with E-state index in [1.165, 1.54) is 6.08 Å². The topological polar surface area (TPSA) is 35.5 Å². The molecular weight excluding hydrogens is 288 g/mol. The van der Waals surface area contributed by atoms with Crippen LogP contribution in [0.15, 0.2) is 42.5 Å². The fraction of sp³-hybridized carbons (Fsp3) is 0.118. The summed E-state index contributed by atoms with van der Waals surface area (Å²) in [5.41, 5.74) is 2.58. The Hall–Kier alpha value is -2.26. The third kappa shape index (κ3) is 2.93. The zero-order valence-corrected chi connectivity index (χ0v) is 12.2. The Morgan fingerprint density at radius 2 is 1.95 bits per heavy atom. The van der Waals surface area contributed by atoms with E-state index in [0.717, 1.165) is 11.1 Å². The van der Waals surface area contributed by atoms with Crippen LogP contribution in [0, 0.1) is 6.92 Å². The van der Waals surface area contributed by atoms with Gasteiger partial charge in [0.15, 0.2) is 17.3 Å². The molecule has 2 aromatic carbocycles. The number of hydrogen-bond donors (Lipinski definition) is 0. The monoisotopic (exact) mass is 300 g/mol. The summed E-state index contributed by atoms with van der Waals surface area (Å²) < 4.78 is 10.5. The first-order valence-electron chi connectivity index (χ1n) is 6.52. The predicted octanol–water partition coefficient (Wildman–Crippen LogP) is 4.27. The fourth-order valence-electron chi connectivity index (χ4n) is 2.07. The van der Waals surface area contributed by atoms with Crippen molar-refractivity contribution in [3.05, 3.63) is 64.2 Å². The van der Waals surface area contributed by atoms with Gasteiger partial charge < -0.3 is 9.47 Å². The van der Waals surface area contributed by atoms with E-state index in [1.54, 1.807) is 18.2 Å². The summed E-state index contributed by atoms with van der Waals surface area (Å²) in [5, 5.41) is 0.479.